The molecule has 1 atom stereocenters. The third-order valence-electron chi connectivity index (χ3n) is 6.07. The fourth-order valence-corrected chi connectivity index (χ4v) is 4.12. The number of carbonyl (C=O) groups excluding carboxylic acids is 2. The Balaban J connectivity index is 1.85. The second kappa shape index (κ2) is 9.15. The van der Waals surface area contributed by atoms with Crippen LogP contribution in [-0.4, -0.2) is 30.0 Å². The van der Waals surface area contributed by atoms with Crippen LogP contribution in [0.1, 0.15) is 69.1 Å². The third kappa shape index (κ3) is 5.18. The average Bonchev–Trinajstić information content (AvgIpc) is 2.68. The third-order valence-corrected chi connectivity index (χ3v) is 6.07. The Bertz CT molecular complexity index is 928. The largest absolute Gasteiger partial charge is 0.452 e. The van der Waals surface area contributed by atoms with E-state index in [1.807, 2.05) is 24.3 Å². The lowest BCUT2D eigenvalue weighted by Gasteiger charge is -2.35. The van der Waals surface area contributed by atoms with Crippen molar-refractivity contribution in [3.63, 3.8) is 0 Å². The summed E-state index contributed by atoms with van der Waals surface area (Å²) in [5.74, 6) is 0.291. The topological polar surface area (TPSA) is 68.3 Å². The molecular formula is C25H34N2O3. The van der Waals surface area contributed by atoms with Crippen molar-refractivity contribution in [2.45, 2.75) is 60.3 Å². The van der Waals surface area contributed by atoms with Crippen molar-refractivity contribution in [3.05, 3.63) is 41.1 Å². The average molecular weight is 411 g/mol. The summed E-state index contributed by atoms with van der Waals surface area (Å²) < 4.78 is 5.46. The van der Waals surface area contributed by atoms with E-state index in [-0.39, 0.29) is 17.9 Å². The van der Waals surface area contributed by atoms with E-state index in [4.69, 9.17) is 9.72 Å². The number of rotatable bonds is 6. The van der Waals surface area contributed by atoms with Gasteiger partial charge >= 0.3 is 5.97 Å². The SMILES string of the molecule is CC(C)CCNC(=O)COC(=O)c1c2c(nc3ccccc13)CC[C@@H](C(C)(C)C)C2. The molecule has 1 aromatic heterocycles. The first-order valence-corrected chi connectivity index (χ1v) is 11.0. The molecule has 2 aromatic rings. The van der Waals surface area contributed by atoms with Crippen LogP contribution in [0.3, 0.4) is 0 Å². The highest BCUT2D eigenvalue weighted by molar-refractivity contribution is 6.05. The molecule has 0 bridgehead atoms. The van der Waals surface area contributed by atoms with E-state index in [1.165, 1.54) is 0 Å². The number of carbonyl (C=O) groups is 2. The lowest BCUT2D eigenvalue weighted by atomic mass is 9.70. The van der Waals surface area contributed by atoms with Crippen LogP contribution in [0.25, 0.3) is 10.9 Å². The van der Waals surface area contributed by atoms with Crippen LogP contribution in [-0.2, 0) is 22.4 Å². The van der Waals surface area contributed by atoms with E-state index in [2.05, 4.69) is 39.9 Å². The fraction of sp³-hybridized carbons (Fsp3) is 0.560. The standard InChI is InChI=1S/C25H34N2O3/c1-16(2)12-13-26-22(28)15-30-24(29)23-18-8-6-7-9-20(18)27-21-11-10-17(14-19(21)23)25(3,4)5/h6-9,16-17H,10-15H2,1-5H3,(H,26,28)/t17-/m1/s1. The van der Waals surface area contributed by atoms with Gasteiger partial charge in [0.25, 0.3) is 5.91 Å². The molecule has 30 heavy (non-hydrogen) atoms. The first kappa shape index (κ1) is 22.3. The van der Waals surface area contributed by atoms with Gasteiger partial charge < -0.3 is 10.1 Å². The number of aromatic nitrogens is 1. The Labute approximate surface area is 179 Å². The molecule has 1 N–H and O–H groups in total. The van der Waals surface area contributed by atoms with Crippen molar-refractivity contribution in [2.75, 3.05) is 13.2 Å². The highest BCUT2D eigenvalue weighted by Gasteiger charge is 2.33. The number of fused-ring (bicyclic) bond motifs is 2. The lowest BCUT2D eigenvalue weighted by Crippen LogP contribution is -2.31. The van der Waals surface area contributed by atoms with Crippen LogP contribution in [0.4, 0.5) is 0 Å². The molecule has 0 unspecified atom stereocenters. The highest BCUT2D eigenvalue weighted by atomic mass is 16.5. The first-order chi connectivity index (χ1) is 14.2. The number of benzene rings is 1. The van der Waals surface area contributed by atoms with E-state index < -0.39 is 5.97 Å². The van der Waals surface area contributed by atoms with Gasteiger partial charge in [-0.25, -0.2) is 4.79 Å². The van der Waals surface area contributed by atoms with Crippen molar-refractivity contribution in [3.8, 4) is 0 Å². The molecule has 0 fully saturated rings. The summed E-state index contributed by atoms with van der Waals surface area (Å²) in [5, 5.41) is 3.62. The molecular weight excluding hydrogens is 376 g/mol. The molecule has 5 heteroatoms. The zero-order valence-electron chi connectivity index (χ0n) is 18.9. The molecule has 1 heterocycles. The molecule has 3 rings (SSSR count). The molecule has 0 radical (unpaired) electrons. The number of hydrogen-bond donors (Lipinski definition) is 1. The Kier molecular flexibility index (Phi) is 6.79. The van der Waals surface area contributed by atoms with Crippen molar-refractivity contribution >= 4 is 22.8 Å². The molecule has 0 saturated heterocycles. The van der Waals surface area contributed by atoms with Gasteiger partial charge in [0.05, 0.1) is 11.1 Å². The van der Waals surface area contributed by atoms with E-state index in [9.17, 15) is 9.59 Å². The zero-order chi connectivity index (χ0) is 21.9. The molecule has 162 valence electrons. The van der Waals surface area contributed by atoms with Gasteiger partial charge in [0, 0.05) is 17.6 Å². The normalized spacial score (nSPS) is 16.4. The summed E-state index contributed by atoms with van der Waals surface area (Å²) in [4.78, 5) is 30.1. The molecule has 1 aliphatic carbocycles. The number of pyridine rings is 1. The number of nitrogens with zero attached hydrogens (tertiary/aromatic N) is 1. The zero-order valence-corrected chi connectivity index (χ0v) is 18.9. The number of aryl methyl sites for hydroxylation is 1. The van der Waals surface area contributed by atoms with Crippen LogP contribution >= 0.6 is 0 Å². The molecule has 0 saturated carbocycles. The molecule has 1 aliphatic rings. The Hall–Kier alpha value is -2.43. The van der Waals surface area contributed by atoms with Crippen LogP contribution in [0.2, 0.25) is 0 Å². The van der Waals surface area contributed by atoms with Crippen molar-refractivity contribution in [2.24, 2.45) is 17.3 Å². The number of esters is 1. The van der Waals surface area contributed by atoms with Crippen molar-refractivity contribution < 1.29 is 14.3 Å². The van der Waals surface area contributed by atoms with Gasteiger partial charge in [-0.15, -0.1) is 0 Å². The molecule has 0 aliphatic heterocycles. The summed E-state index contributed by atoms with van der Waals surface area (Å²) in [6.07, 6.45) is 3.63. The second-order valence-corrected chi connectivity index (χ2v) is 9.84. The Morgan fingerprint density at radius 2 is 1.97 bits per heavy atom. The Morgan fingerprint density at radius 3 is 2.67 bits per heavy atom. The van der Waals surface area contributed by atoms with E-state index >= 15 is 0 Å². The van der Waals surface area contributed by atoms with Gasteiger partial charge in [-0.2, -0.15) is 0 Å². The fourth-order valence-electron chi connectivity index (χ4n) is 4.12. The molecule has 1 amide bonds. The van der Waals surface area contributed by atoms with Crippen LogP contribution in [0.15, 0.2) is 24.3 Å². The minimum atomic E-state index is -0.432. The van der Waals surface area contributed by atoms with Crippen LogP contribution in [0, 0.1) is 17.3 Å². The molecule has 1 aromatic carbocycles. The predicted molar refractivity (Wildman–Crippen MR) is 119 cm³/mol. The summed E-state index contributed by atoms with van der Waals surface area (Å²) in [5.41, 5.74) is 3.52. The van der Waals surface area contributed by atoms with Gasteiger partial charge in [0.1, 0.15) is 0 Å². The predicted octanol–water partition coefficient (Wildman–Crippen LogP) is 4.70. The van der Waals surface area contributed by atoms with Crippen LogP contribution < -0.4 is 5.32 Å². The number of amides is 1. The summed E-state index contributed by atoms with van der Waals surface area (Å²) in [7, 11) is 0. The van der Waals surface area contributed by atoms with Gasteiger partial charge in [0.2, 0.25) is 0 Å². The van der Waals surface area contributed by atoms with Gasteiger partial charge in [-0.1, -0.05) is 52.8 Å². The minimum absolute atomic E-state index is 0.154. The lowest BCUT2D eigenvalue weighted by molar-refractivity contribution is -0.124. The highest BCUT2D eigenvalue weighted by Crippen LogP contribution is 2.39. The van der Waals surface area contributed by atoms with E-state index in [1.54, 1.807) is 0 Å². The first-order valence-electron chi connectivity index (χ1n) is 11.0. The van der Waals surface area contributed by atoms with Crippen molar-refractivity contribution in [1.82, 2.24) is 10.3 Å². The number of nitrogens with one attached hydrogen (secondary N) is 1. The smallest absolute Gasteiger partial charge is 0.339 e. The quantitative estimate of drug-likeness (QED) is 0.701. The second-order valence-electron chi connectivity index (χ2n) is 9.84. The van der Waals surface area contributed by atoms with Crippen LogP contribution in [0.5, 0.6) is 0 Å². The van der Waals surface area contributed by atoms with Crippen molar-refractivity contribution in [1.29, 1.82) is 0 Å². The summed E-state index contributed by atoms with van der Waals surface area (Å²) in [6, 6.07) is 7.69. The Morgan fingerprint density at radius 1 is 1.23 bits per heavy atom. The summed E-state index contributed by atoms with van der Waals surface area (Å²) in [6.45, 7) is 11.3. The van der Waals surface area contributed by atoms with Gasteiger partial charge in [-0.3, -0.25) is 9.78 Å². The van der Waals surface area contributed by atoms with E-state index in [0.29, 0.717) is 23.9 Å². The maximum absolute atomic E-state index is 13.1. The molecule has 0 spiro atoms. The van der Waals surface area contributed by atoms with Gasteiger partial charge in [-0.05, 0) is 54.6 Å². The maximum Gasteiger partial charge on any atom is 0.339 e. The minimum Gasteiger partial charge on any atom is -0.452 e. The number of hydrogen-bond acceptors (Lipinski definition) is 4. The number of ether oxygens (including phenoxy) is 1. The number of para-hydroxylation sites is 1. The van der Waals surface area contributed by atoms with E-state index in [0.717, 1.165) is 47.8 Å². The monoisotopic (exact) mass is 410 g/mol. The maximum atomic E-state index is 13.1. The summed E-state index contributed by atoms with van der Waals surface area (Å²) >= 11 is 0. The van der Waals surface area contributed by atoms with Gasteiger partial charge in [0.15, 0.2) is 6.61 Å². The molecule has 5 nitrogen and oxygen atoms in total.